The van der Waals surface area contributed by atoms with E-state index in [2.05, 4.69) is 0 Å². The number of hydrogen-bond acceptors (Lipinski definition) is 4. The Morgan fingerprint density at radius 1 is 0.667 bits per heavy atom. The molecule has 0 heterocycles. The Morgan fingerprint density at radius 3 is 0.667 bits per heavy atom. The molecule has 0 aromatic carbocycles. The Kier molecular flexibility index (Phi) is 16.1. The predicted octanol–water partition coefficient (Wildman–Crippen LogP) is -1.31. The molecule has 0 aromatic rings. The van der Waals surface area contributed by atoms with Crippen molar-refractivity contribution < 1.29 is 69.5 Å². The molecule has 0 aromatic heterocycles. The average molecular weight is 303 g/mol. The molecule has 8 nitrogen and oxygen atoms in total. The van der Waals surface area contributed by atoms with E-state index in [1.807, 2.05) is 0 Å². The summed E-state index contributed by atoms with van der Waals surface area (Å²) in [6.45, 7) is 0. The van der Waals surface area contributed by atoms with Crippen molar-refractivity contribution in [3.63, 3.8) is 0 Å². The van der Waals surface area contributed by atoms with Crippen LogP contribution >= 0.6 is 0 Å². The third-order valence-electron chi connectivity index (χ3n) is 0. The van der Waals surface area contributed by atoms with Gasteiger partial charge in [0.25, 0.3) is 0 Å². The molecule has 0 saturated carbocycles. The smallest absolute Gasteiger partial charge is 0.264 e. The van der Waals surface area contributed by atoms with Crippen molar-refractivity contribution in [1.82, 2.24) is 0 Å². The Bertz CT molecular complexity index is 213. The molecule has 4 N–H and O–H groups in total. The van der Waals surface area contributed by atoms with Gasteiger partial charge >= 0.3 is 20.8 Å². The quantitative estimate of drug-likeness (QED) is 0.318. The van der Waals surface area contributed by atoms with Gasteiger partial charge in [-0.1, -0.05) is 0 Å². The van der Waals surface area contributed by atoms with Crippen LogP contribution in [0.5, 0.6) is 0 Å². The van der Waals surface area contributed by atoms with E-state index in [0.717, 1.165) is 0 Å². The molecule has 0 rings (SSSR count). The SMILES string of the molecule is O=S(=O)(O)O.O=S(=O)(O)O.[Cr].[Mn]. The van der Waals surface area contributed by atoms with Crippen molar-refractivity contribution in [2.45, 2.75) is 0 Å². The molecule has 0 aliphatic rings. The van der Waals surface area contributed by atoms with E-state index >= 15 is 0 Å². The molecule has 1 radical (unpaired) electrons. The van der Waals surface area contributed by atoms with Gasteiger partial charge in [-0.25, -0.2) is 0 Å². The Balaban J connectivity index is -0.0000000457. The first-order valence-electron chi connectivity index (χ1n) is 1.40. The van der Waals surface area contributed by atoms with E-state index in [1.54, 1.807) is 0 Å². The van der Waals surface area contributed by atoms with Crippen LogP contribution < -0.4 is 0 Å². The van der Waals surface area contributed by atoms with Gasteiger partial charge < -0.3 is 0 Å². The third-order valence-corrected chi connectivity index (χ3v) is 0. The van der Waals surface area contributed by atoms with E-state index < -0.39 is 20.8 Å². The number of rotatable bonds is 0. The molecular weight excluding hydrogens is 299 g/mol. The first kappa shape index (κ1) is 23.0. The number of hydrogen-bond donors (Lipinski definition) is 4. The standard InChI is InChI=1S/Cr.Mn.2H2O4S/c;;2*1-5(2,3)4/h;;2*(H2,1,2,3,4). The zero-order valence-electron chi connectivity index (χ0n) is 5.02. The minimum atomic E-state index is -4.67. The topological polar surface area (TPSA) is 149 Å². The summed E-state index contributed by atoms with van der Waals surface area (Å²) in [6, 6.07) is 0. The molecule has 0 spiro atoms. The molecule has 0 bridgehead atoms. The van der Waals surface area contributed by atoms with Crippen molar-refractivity contribution in [1.29, 1.82) is 0 Å². The van der Waals surface area contributed by atoms with Gasteiger partial charge in [-0.15, -0.1) is 0 Å². The Labute approximate surface area is 90.1 Å². The van der Waals surface area contributed by atoms with Gasteiger partial charge in [0.05, 0.1) is 0 Å². The largest absolute Gasteiger partial charge is 0.394 e. The van der Waals surface area contributed by atoms with Crippen LogP contribution in [0.25, 0.3) is 0 Å². The van der Waals surface area contributed by atoms with Crippen molar-refractivity contribution in [2.24, 2.45) is 0 Å². The minimum absolute atomic E-state index is 0. The van der Waals surface area contributed by atoms with Crippen LogP contribution in [-0.4, -0.2) is 35.0 Å². The second kappa shape index (κ2) is 8.39. The van der Waals surface area contributed by atoms with Crippen LogP contribution in [0.3, 0.4) is 0 Å². The van der Waals surface area contributed by atoms with Gasteiger partial charge in [0.15, 0.2) is 0 Å². The maximum atomic E-state index is 8.74. The van der Waals surface area contributed by atoms with Crippen LogP contribution in [0.15, 0.2) is 0 Å². The molecular formula is H4CrMnO8S2. The normalized spacial score (nSPS) is 9.67. The van der Waals surface area contributed by atoms with Crippen LogP contribution in [0.1, 0.15) is 0 Å². The van der Waals surface area contributed by atoms with Gasteiger partial charge in [0.2, 0.25) is 0 Å². The van der Waals surface area contributed by atoms with E-state index in [1.165, 1.54) is 0 Å². The monoisotopic (exact) mass is 303 g/mol. The van der Waals surface area contributed by atoms with E-state index in [4.69, 9.17) is 35.0 Å². The molecule has 0 aliphatic carbocycles. The summed E-state index contributed by atoms with van der Waals surface area (Å²) in [5.41, 5.74) is 0. The molecule has 77 valence electrons. The van der Waals surface area contributed by atoms with Crippen LogP contribution in [0, 0.1) is 0 Å². The van der Waals surface area contributed by atoms with E-state index in [9.17, 15) is 0 Å². The van der Waals surface area contributed by atoms with Crippen LogP contribution in [0.2, 0.25) is 0 Å². The molecule has 0 aliphatic heterocycles. The van der Waals surface area contributed by atoms with E-state index in [-0.39, 0.29) is 34.4 Å². The van der Waals surface area contributed by atoms with Crippen molar-refractivity contribution >= 4 is 20.8 Å². The summed E-state index contributed by atoms with van der Waals surface area (Å²) < 4.78 is 63.2. The fraction of sp³-hybridized carbons (Fsp3) is 0. The first-order chi connectivity index (χ1) is 4.00. The summed E-state index contributed by atoms with van der Waals surface area (Å²) in [6.07, 6.45) is 0. The second-order valence-electron chi connectivity index (χ2n) is 0.896. The molecule has 12 heteroatoms. The molecule has 0 unspecified atom stereocenters. The van der Waals surface area contributed by atoms with Crippen molar-refractivity contribution in [2.75, 3.05) is 0 Å². The maximum Gasteiger partial charge on any atom is 0.394 e. The molecule has 0 amide bonds. The zero-order chi connectivity index (χ0) is 9.00. The molecule has 0 saturated heterocycles. The Hall–Kier alpha value is 0.792. The minimum Gasteiger partial charge on any atom is -0.264 e. The first-order valence-corrected chi connectivity index (χ1v) is 4.19. The van der Waals surface area contributed by atoms with Gasteiger partial charge in [0.1, 0.15) is 0 Å². The average Bonchev–Trinajstić information content (AvgIpc) is 1.12. The fourth-order valence-electron chi connectivity index (χ4n) is 0. The van der Waals surface area contributed by atoms with Gasteiger partial charge in [0, 0.05) is 34.4 Å². The Morgan fingerprint density at radius 2 is 0.667 bits per heavy atom. The molecule has 0 atom stereocenters. The van der Waals surface area contributed by atoms with Crippen LogP contribution in [-0.2, 0) is 55.2 Å². The summed E-state index contributed by atoms with van der Waals surface area (Å²) in [7, 11) is -9.33. The summed E-state index contributed by atoms with van der Waals surface area (Å²) in [4.78, 5) is 0. The van der Waals surface area contributed by atoms with Crippen LogP contribution in [0.4, 0.5) is 0 Å². The molecule has 12 heavy (non-hydrogen) atoms. The maximum absolute atomic E-state index is 8.74. The summed E-state index contributed by atoms with van der Waals surface area (Å²) in [5.74, 6) is 0. The third kappa shape index (κ3) is 1650. The van der Waals surface area contributed by atoms with Gasteiger partial charge in [-0.2, -0.15) is 16.8 Å². The molecule has 0 fully saturated rings. The second-order valence-corrected chi connectivity index (χ2v) is 2.69. The van der Waals surface area contributed by atoms with E-state index in [0.29, 0.717) is 0 Å². The summed E-state index contributed by atoms with van der Waals surface area (Å²) in [5, 5.41) is 0. The van der Waals surface area contributed by atoms with Crippen molar-refractivity contribution in [3.05, 3.63) is 0 Å². The fourth-order valence-corrected chi connectivity index (χ4v) is 0. The van der Waals surface area contributed by atoms with Gasteiger partial charge in [-0.05, 0) is 0 Å². The summed E-state index contributed by atoms with van der Waals surface area (Å²) >= 11 is 0. The van der Waals surface area contributed by atoms with Crippen molar-refractivity contribution in [3.8, 4) is 0 Å². The zero-order valence-corrected chi connectivity index (χ0v) is 9.11. The predicted molar refractivity (Wildman–Crippen MR) is 28.4 cm³/mol. The van der Waals surface area contributed by atoms with Gasteiger partial charge in [-0.3, -0.25) is 18.2 Å².